The zero-order chi connectivity index (χ0) is 17.4. The van der Waals surface area contributed by atoms with Crippen LogP contribution in [0.5, 0.6) is 11.5 Å². The van der Waals surface area contributed by atoms with Crippen LogP contribution in [-0.4, -0.2) is 30.5 Å². The molecule has 0 saturated carbocycles. The van der Waals surface area contributed by atoms with Gasteiger partial charge >= 0.3 is 5.71 Å². The summed E-state index contributed by atoms with van der Waals surface area (Å²) in [4.78, 5) is 15.4. The molecular weight excluding hydrogens is 304 g/mol. The highest BCUT2D eigenvalue weighted by Crippen LogP contribution is 2.14. The molecule has 0 aromatic heterocycles. The van der Waals surface area contributed by atoms with Crippen molar-refractivity contribution in [1.82, 2.24) is 0 Å². The first-order valence-electron chi connectivity index (χ1n) is 7.66. The Morgan fingerprint density at radius 3 is 1.88 bits per heavy atom. The summed E-state index contributed by atoms with van der Waals surface area (Å²) in [6, 6.07) is 14.9. The van der Waals surface area contributed by atoms with Crippen LogP contribution in [0.3, 0.4) is 0 Å². The van der Waals surface area contributed by atoms with Gasteiger partial charge in [0.15, 0.2) is 0 Å². The van der Waals surface area contributed by atoms with Crippen molar-refractivity contribution in [3.05, 3.63) is 65.2 Å². The molecule has 0 aliphatic rings. The van der Waals surface area contributed by atoms with Crippen molar-refractivity contribution in [3.63, 3.8) is 0 Å². The topological polar surface area (TPSA) is 71.9 Å². The van der Waals surface area contributed by atoms with Crippen molar-refractivity contribution in [3.8, 4) is 11.5 Å². The molecule has 0 N–H and O–H groups in total. The highest BCUT2D eigenvalue weighted by molar-refractivity contribution is 6.37. The fourth-order valence-electron chi connectivity index (χ4n) is 2.32. The highest BCUT2D eigenvalue weighted by atomic mass is 16.5. The van der Waals surface area contributed by atoms with Gasteiger partial charge in [-0.2, -0.15) is 4.79 Å². The van der Waals surface area contributed by atoms with Gasteiger partial charge in [-0.25, -0.2) is 0 Å². The monoisotopic (exact) mass is 324 g/mol. The first-order chi connectivity index (χ1) is 11.7. The minimum atomic E-state index is -0.163. The van der Waals surface area contributed by atoms with E-state index in [-0.39, 0.29) is 11.5 Å². The van der Waals surface area contributed by atoms with Gasteiger partial charge in [-0.1, -0.05) is 24.3 Å². The van der Waals surface area contributed by atoms with Gasteiger partial charge in [0.25, 0.3) is 0 Å². The van der Waals surface area contributed by atoms with Crippen LogP contribution < -0.4 is 9.47 Å². The normalized spacial score (nSPS) is 9.92. The predicted octanol–water partition coefficient (Wildman–Crippen LogP) is 3.12. The summed E-state index contributed by atoms with van der Waals surface area (Å²) in [5.41, 5.74) is 11.2. The van der Waals surface area contributed by atoms with Crippen molar-refractivity contribution >= 4 is 11.5 Å². The van der Waals surface area contributed by atoms with E-state index in [0.29, 0.717) is 19.3 Å². The van der Waals surface area contributed by atoms with E-state index in [2.05, 4.69) is 4.79 Å². The van der Waals surface area contributed by atoms with Gasteiger partial charge in [-0.05, 0) is 41.8 Å². The molecule has 0 aliphatic carbocycles. The number of hydrogen-bond acceptors (Lipinski definition) is 3. The third-order valence-electron chi connectivity index (χ3n) is 3.77. The first-order valence-corrected chi connectivity index (χ1v) is 7.66. The quantitative estimate of drug-likeness (QED) is 0.425. The molecular formula is C19H20N2O3. The summed E-state index contributed by atoms with van der Waals surface area (Å²) >= 11 is 0. The Morgan fingerprint density at radius 1 is 0.917 bits per heavy atom. The van der Waals surface area contributed by atoms with E-state index < -0.39 is 0 Å². The third-order valence-corrected chi connectivity index (χ3v) is 3.77. The minimum absolute atomic E-state index is 0.161. The Morgan fingerprint density at radius 2 is 1.42 bits per heavy atom. The molecule has 2 aromatic rings. The van der Waals surface area contributed by atoms with E-state index >= 15 is 0 Å². The second kappa shape index (κ2) is 8.65. The van der Waals surface area contributed by atoms with Gasteiger partial charge in [0.2, 0.25) is 5.78 Å². The number of carbonyl (C=O) groups excluding carboxylic acids is 1. The fraction of sp³-hybridized carbons (Fsp3) is 0.263. The maximum Gasteiger partial charge on any atom is 0.338 e. The number of rotatable bonds is 8. The number of Topliss-reactive ketones (excluding diaryl/α,β-unsaturated/α-hetero) is 1. The second-order valence-electron chi connectivity index (χ2n) is 5.34. The molecule has 0 unspecified atom stereocenters. The van der Waals surface area contributed by atoms with E-state index in [0.717, 1.165) is 22.6 Å². The lowest BCUT2D eigenvalue weighted by molar-refractivity contribution is -0.117. The van der Waals surface area contributed by atoms with Crippen molar-refractivity contribution in [2.75, 3.05) is 14.2 Å². The molecule has 5 nitrogen and oxygen atoms in total. The lowest BCUT2D eigenvalue weighted by atomic mass is 10.0. The minimum Gasteiger partial charge on any atom is -0.497 e. The van der Waals surface area contributed by atoms with Crippen molar-refractivity contribution in [1.29, 1.82) is 0 Å². The van der Waals surface area contributed by atoms with Crippen LogP contribution in [0.2, 0.25) is 0 Å². The molecule has 5 heteroatoms. The maximum absolute atomic E-state index is 12.3. The summed E-state index contributed by atoms with van der Waals surface area (Å²) in [5, 5.41) is 0. The standard InChI is InChI=1S/C19H20N2O3/c1-23-16-8-3-14(4-9-16)7-12-19(22)18(21-20)13-15-5-10-17(24-2)11-6-15/h3-6,8-11H,7,12-13H2,1-2H3. The lowest BCUT2D eigenvalue weighted by Crippen LogP contribution is -2.18. The van der Waals surface area contributed by atoms with E-state index in [1.165, 1.54) is 0 Å². The summed E-state index contributed by atoms with van der Waals surface area (Å²) in [6.45, 7) is 0. The predicted molar refractivity (Wildman–Crippen MR) is 91.6 cm³/mol. The SMILES string of the molecule is COc1ccc(CCC(=O)C(Cc2ccc(OC)cc2)=[N+]=[N-])cc1. The largest absolute Gasteiger partial charge is 0.497 e. The number of benzene rings is 2. The van der Waals surface area contributed by atoms with Crippen LogP contribution in [-0.2, 0) is 17.6 Å². The molecule has 0 bridgehead atoms. The molecule has 0 spiro atoms. The van der Waals surface area contributed by atoms with Gasteiger partial charge in [0, 0.05) is 6.42 Å². The molecule has 124 valence electrons. The highest BCUT2D eigenvalue weighted by Gasteiger charge is 2.20. The number of ether oxygens (including phenoxy) is 2. The molecule has 0 radical (unpaired) electrons. The van der Waals surface area contributed by atoms with Crippen molar-refractivity contribution < 1.29 is 19.1 Å². The Bertz CT molecular complexity index is 730. The first kappa shape index (κ1) is 17.4. The van der Waals surface area contributed by atoms with Crippen LogP contribution in [0.25, 0.3) is 5.53 Å². The van der Waals surface area contributed by atoms with Gasteiger partial charge < -0.3 is 15.0 Å². The Balaban J connectivity index is 1.94. The van der Waals surface area contributed by atoms with Crippen LogP contribution in [0.4, 0.5) is 0 Å². The zero-order valence-electron chi connectivity index (χ0n) is 13.9. The molecule has 2 aromatic carbocycles. The number of hydrogen-bond donors (Lipinski definition) is 0. The molecule has 2 rings (SSSR count). The smallest absolute Gasteiger partial charge is 0.338 e. The molecule has 0 atom stereocenters. The molecule has 0 heterocycles. The Hall–Kier alpha value is -2.91. The van der Waals surface area contributed by atoms with Crippen LogP contribution in [0, 0.1) is 0 Å². The van der Waals surface area contributed by atoms with Crippen molar-refractivity contribution in [2.24, 2.45) is 0 Å². The van der Waals surface area contributed by atoms with E-state index in [9.17, 15) is 4.79 Å². The lowest BCUT2D eigenvalue weighted by Gasteiger charge is -2.03. The average molecular weight is 324 g/mol. The van der Waals surface area contributed by atoms with E-state index in [1.54, 1.807) is 14.2 Å². The van der Waals surface area contributed by atoms with E-state index in [4.69, 9.17) is 15.0 Å². The van der Waals surface area contributed by atoms with Gasteiger partial charge in [0.05, 0.1) is 20.6 Å². The number of nitrogens with zero attached hydrogens (tertiary/aromatic N) is 2. The molecule has 0 saturated heterocycles. The summed E-state index contributed by atoms with van der Waals surface area (Å²) in [7, 11) is 3.21. The van der Waals surface area contributed by atoms with Crippen LogP contribution in [0.1, 0.15) is 17.5 Å². The van der Waals surface area contributed by atoms with Gasteiger partial charge in [-0.15, -0.1) is 0 Å². The van der Waals surface area contributed by atoms with Crippen LogP contribution >= 0.6 is 0 Å². The van der Waals surface area contributed by atoms with Crippen molar-refractivity contribution in [2.45, 2.75) is 19.3 Å². The average Bonchev–Trinajstić information content (AvgIpc) is 2.65. The van der Waals surface area contributed by atoms with E-state index in [1.807, 2.05) is 48.5 Å². The third kappa shape index (κ3) is 4.80. The molecule has 24 heavy (non-hydrogen) atoms. The molecule has 0 amide bonds. The maximum atomic E-state index is 12.3. The molecule has 0 aliphatic heterocycles. The van der Waals surface area contributed by atoms with Crippen LogP contribution in [0.15, 0.2) is 48.5 Å². The van der Waals surface area contributed by atoms with Gasteiger partial charge in [0.1, 0.15) is 11.5 Å². The second-order valence-corrected chi connectivity index (χ2v) is 5.34. The number of ketones is 1. The Kier molecular flexibility index (Phi) is 6.29. The number of carbonyl (C=O) groups is 1. The zero-order valence-corrected chi connectivity index (χ0v) is 13.9. The molecule has 0 fully saturated rings. The Labute approximate surface area is 141 Å². The summed E-state index contributed by atoms with van der Waals surface area (Å²) < 4.78 is 10.2. The van der Waals surface area contributed by atoms with Gasteiger partial charge in [-0.3, -0.25) is 4.79 Å². The summed E-state index contributed by atoms with van der Waals surface area (Å²) in [6.07, 6.45) is 1.17. The number of aryl methyl sites for hydroxylation is 1. The summed E-state index contributed by atoms with van der Waals surface area (Å²) in [5.74, 6) is 1.36. The number of methoxy groups -OCH3 is 2. The fourth-order valence-corrected chi connectivity index (χ4v) is 2.32.